The maximum atomic E-state index is 12.6. The van der Waals surface area contributed by atoms with E-state index < -0.39 is 11.9 Å². The second kappa shape index (κ2) is 11.3. The third-order valence-electron chi connectivity index (χ3n) is 4.63. The van der Waals surface area contributed by atoms with Gasteiger partial charge in [0.05, 0.1) is 10.9 Å². The zero-order valence-electron chi connectivity index (χ0n) is 16.6. The van der Waals surface area contributed by atoms with Gasteiger partial charge < -0.3 is 21.3 Å². The molecular weight excluding hydrogens is 405 g/mol. The molecule has 1 fully saturated rings. The molecule has 164 valence electrons. The molecule has 7 nitrogen and oxygen atoms in total. The number of nitrogens with one attached hydrogen (secondary N) is 2. The number of nitrogens with zero attached hydrogens (tertiary/aromatic N) is 3. The van der Waals surface area contributed by atoms with E-state index in [0.717, 1.165) is 49.1 Å². The molecule has 1 atom stereocenters. The molecule has 1 aromatic heterocycles. The number of thiazole rings is 1. The molecule has 4 N–H and O–H groups in total. The first-order valence-corrected chi connectivity index (χ1v) is 10.7. The first kappa shape index (κ1) is 23.4. The van der Waals surface area contributed by atoms with Crippen LogP contribution in [0.3, 0.4) is 0 Å². The second-order valence-corrected chi connectivity index (χ2v) is 7.90. The van der Waals surface area contributed by atoms with Crippen LogP contribution >= 0.6 is 11.3 Å². The Morgan fingerprint density at radius 1 is 1.45 bits per heavy atom. The number of aliphatic imine (C=N–C) groups is 1. The van der Waals surface area contributed by atoms with Crippen LogP contribution in [0.15, 0.2) is 10.4 Å². The summed E-state index contributed by atoms with van der Waals surface area (Å²) in [6.07, 6.45) is -1.31. The molecule has 1 aliphatic heterocycles. The number of carbonyl (C=O) groups is 1. The summed E-state index contributed by atoms with van der Waals surface area (Å²) in [4.78, 5) is 21.7. The molecule has 11 heteroatoms. The van der Waals surface area contributed by atoms with Gasteiger partial charge in [-0.3, -0.25) is 9.79 Å². The van der Waals surface area contributed by atoms with Crippen molar-refractivity contribution < 1.29 is 18.0 Å². The maximum absolute atomic E-state index is 12.6. The average Bonchev–Trinajstić information content (AvgIpc) is 3.15. The number of piperidine rings is 1. The highest BCUT2D eigenvalue weighted by Gasteiger charge is 2.33. The Labute approximate surface area is 173 Å². The molecule has 0 aliphatic carbocycles. The number of rotatable bonds is 9. The molecule has 0 aromatic carbocycles. The Morgan fingerprint density at radius 3 is 2.90 bits per heavy atom. The van der Waals surface area contributed by atoms with Crippen molar-refractivity contribution in [3.05, 3.63) is 16.1 Å². The number of halogens is 3. The van der Waals surface area contributed by atoms with Crippen LogP contribution in [0.2, 0.25) is 0 Å². The molecule has 0 bridgehead atoms. The molecule has 2 heterocycles. The standard InChI is InChI=1S/C18H29F3N6OS/c1-2-23-17(25-8-6-15-26-14(12-29-15)18(19,20)21)24-7-4-10-27-9-3-5-13(11-27)16(22)28/h12-13H,2-11H2,1H3,(H2,22,28)(H2,23,24,25). The highest BCUT2D eigenvalue weighted by molar-refractivity contribution is 7.09. The molecule has 0 radical (unpaired) electrons. The highest BCUT2D eigenvalue weighted by atomic mass is 32.1. The quantitative estimate of drug-likeness (QED) is 0.313. The van der Waals surface area contributed by atoms with E-state index in [1.165, 1.54) is 0 Å². The van der Waals surface area contributed by atoms with Gasteiger partial charge in [0.2, 0.25) is 5.91 Å². The Balaban J connectivity index is 1.72. The molecule has 1 saturated heterocycles. The van der Waals surface area contributed by atoms with E-state index in [0.29, 0.717) is 43.6 Å². The van der Waals surface area contributed by atoms with Gasteiger partial charge in [-0.25, -0.2) is 4.98 Å². The monoisotopic (exact) mass is 434 g/mol. The molecule has 29 heavy (non-hydrogen) atoms. The zero-order valence-corrected chi connectivity index (χ0v) is 17.4. The van der Waals surface area contributed by atoms with Crippen LogP contribution in [0.1, 0.15) is 36.9 Å². The van der Waals surface area contributed by atoms with E-state index in [1.807, 2.05) is 6.92 Å². The summed E-state index contributed by atoms with van der Waals surface area (Å²) in [5.41, 5.74) is 4.57. The van der Waals surface area contributed by atoms with E-state index in [9.17, 15) is 18.0 Å². The molecular formula is C18H29F3N6OS. The lowest BCUT2D eigenvalue weighted by Gasteiger charge is -2.30. The van der Waals surface area contributed by atoms with Crippen molar-refractivity contribution in [2.75, 3.05) is 39.3 Å². The molecule has 2 rings (SSSR count). The number of aromatic nitrogens is 1. The molecule has 1 aliphatic rings. The Morgan fingerprint density at radius 2 is 2.24 bits per heavy atom. The molecule has 1 aromatic rings. The van der Waals surface area contributed by atoms with E-state index in [-0.39, 0.29) is 11.8 Å². The van der Waals surface area contributed by atoms with Crippen molar-refractivity contribution in [1.29, 1.82) is 0 Å². The molecule has 0 spiro atoms. The van der Waals surface area contributed by atoms with Crippen molar-refractivity contribution >= 4 is 23.2 Å². The number of hydrogen-bond acceptors (Lipinski definition) is 5. The number of hydrogen-bond donors (Lipinski definition) is 3. The summed E-state index contributed by atoms with van der Waals surface area (Å²) >= 11 is 1.01. The van der Waals surface area contributed by atoms with Crippen LogP contribution < -0.4 is 16.4 Å². The number of likely N-dealkylation sites (tertiary alicyclic amines) is 1. The van der Waals surface area contributed by atoms with Gasteiger partial charge in [0.25, 0.3) is 0 Å². The predicted molar refractivity (Wildman–Crippen MR) is 108 cm³/mol. The van der Waals surface area contributed by atoms with Crippen LogP contribution in [0.25, 0.3) is 0 Å². The van der Waals surface area contributed by atoms with E-state index in [4.69, 9.17) is 5.73 Å². The van der Waals surface area contributed by atoms with E-state index >= 15 is 0 Å². The lowest BCUT2D eigenvalue weighted by molar-refractivity contribution is -0.140. The zero-order chi connectivity index (χ0) is 21.3. The lowest BCUT2D eigenvalue weighted by atomic mass is 9.97. The summed E-state index contributed by atoms with van der Waals surface area (Å²) in [5, 5.41) is 7.73. The summed E-state index contributed by atoms with van der Waals surface area (Å²) < 4.78 is 37.8. The van der Waals surface area contributed by atoms with Crippen molar-refractivity contribution in [1.82, 2.24) is 20.5 Å². The van der Waals surface area contributed by atoms with Crippen molar-refractivity contribution in [2.24, 2.45) is 16.6 Å². The van der Waals surface area contributed by atoms with Gasteiger partial charge in [-0.15, -0.1) is 11.3 Å². The van der Waals surface area contributed by atoms with Crippen LogP contribution in [-0.4, -0.2) is 61.0 Å². The molecule has 1 amide bonds. The van der Waals surface area contributed by atoms with Crippen molar-refractivity contribution in [3.63, 3.8) is 0 Å². The highest BCUT2D eigenvalue weighted by Crippen LogP contribution is 2.30. The summed E-state index contributed by atoms with van der Waals surface area (Å²) in [6.45, 7) is 6.24. The molecule has 0 saturated carbocycles. The molecule has 1 unspecified atom stereocenters. The third-order valence-corrected chi connectivity index (χ3v) is 5.54. The summed E-state index contributed by atoms with van der Waals surface area (Å²) in [6, 6.07) is 0. The average molecular weight is 435 g/mol. The number of primary amides is 1. The Kier molecular flexibility index (Phi) is 9.15. The van der Waals surface area contributed by atoms with Crippen LogP contribution in [-0.2, 0) is 17.4 Å². The van der Waals surface area contributed by atoms with Crippen molar-refractivity contribution in [3.8, 4) is 0 Å². The normalized spacial score (nSPS) is 18.6. The fourth-order valence-electron chi connectivity index (χ4n) is 3.16. The van der Waals surface area contributed by atoms with Crippen LogP contribution in [0.5, 0.6) is 0 Å². The van der Waals surface area contributed by atoms with E-state index in [2.05, 4.69) is 25.5 Å². The van der Waals surface area contributed by atoms with Gasteiger partial charge in [-0.2, -0.15) is 13.2 Å². The first-order valence-electron chi connectivity index (χ1n) is 9.85. The number of amides is 1. The first-order chi connectivity index (χ1) is 13.8. The minimum absolute atomic E-state index is 0.0602. The van der Waals surface area contributed by atoms with Gasteiger partial charge in [0.1, 0.15) is 0 Å². The summed E-state index contributed by atoms with van der Waals surface area (Å²) in [7, 11) is 0. The minimum atomic E-state index is -4.40. The SMILES string of the molecule is CCNC(=NCCCN1CCCC(C(N)=O)C1)NCCc1nc(C(F)(F)F)cs1. The number of nitrogens with two attached hydrogens (primary N) is 1. The maximum Gasteiger partial charge on any atom is 0.434 e. The van der Waals surface area contributed by atoms with Gasteiger partial charge in [-0.05, 0) is 39.3 Å². The van der Waals surface area contributed by atoms with Gasteiger partial charge in [0, 0.05) is 38.0 Å². The third kappa shape index (κ3) is 8.17. The van der Waals surface area contributed by atoms with Gasteiger partial charge in [-0.1, -0.05) is 0 Å². The number of alkyl halides is 3. The van der Waals surface area contributed by atoms with E-state index in [1.54, 1.807) is 0 Å². The second-order valence-electron chi connectivity index (χ2n) is 6.96. The Hall–Kier alpha value is -1.88. The fraction of sp³-hybridized carbons (Fsp3) is 0.722. The predicted octanol–water partition coefficient (Wildman–Crippen LogP) is 1.85. The van der Waals surface area contributed by atoms with Crippen LogP contribution in [0, 0.1) is 5.92 Å². The number of guanidine groups is 1. The largest absolute Gasteiger partial charge is 0.434 e. The van der Waals surface area contributed by atoms with Gasteiger partial charge in [0.15, 0.2) is 11.7 Å². The smallest absolute Gasteiger partial charge is 0.369 e. The minimum Gasteiger partial charge on any atom is -0.369 e. The van der Waals surface area contributed by atoms with Gasteiger partial charge >= 0.3 is 6.18 Å². The lowest BCUT2D eigenvalue weighted by Crippen LogP contribution is -2.41. The fourth-order valence-corrected chi connectivity index (χ4v) is 3.97. The summed E-state index contributed by atoms with van der Waals surface area (Å²) in [5.74, 6) is 0.345. The number of carbonyl (C=O) groups excluding carboxylic acids is 1. The van der Waals surface area contributed by atoms with Crippen molar-refractivity contribution in [2.45, 2.75) is 38.8 Å². The Bertz CT molecular complexity index is 679. The van der Waals surface area contributed by atoms with Crippen LogP contribution in [0.4, 0.5) is 13.2 Å². The topological polar surface area (TPSA) is 95.6 Å².